The molecule has 0 aromatic heterocycles. The SMILES string of the molecule is CC(=O)O[C@H]1C[C@]2(C)[C@H]3CC[C@@H]4[C@@]5(C)CCCC(C)(C)[C@@H]5[C@@H](O)C[C@@]4(C)[C@]3(C)CC[C@H]2[C@H]1C(C)(C)O. The molecule has 206 valence electrons. The van der Waals surface area contributed by atoms with Gasteiger partial charge >= 0.3 is 5.97 Å². The Balaban J connectivity index is 1.55. The average molecular weight is 503 g/mol. The van der Waals surface area contributed by atoms with Crippen molar-refractivity contribution in [2.45, 2.75) is 138 Å². The summed E-state index contributed by atoms with van der Waals surface area (Å²) >= 11 is 0. The number of rotatable bonds is 2. The van der Waals surface area contributed by atoms with E-state index in [9.17, 15) is 15.0 Å². The van der Waals surface area contributed by atoms with E-state index in [1.165, 1.54) is 39.0 Å². The number of ether oxygens (including phenoxy) is 1. The van der Waals surface area contributed by atoms with Gasteiger partial charge in [0.1, 0.15) is 6.10 Å². The summed E-state index contributed by atoms with van der Waals surface area (Å²) in [4.78, 5) is 12.1. The molecule has 5 rings (SSSR count). The van der Waals surface area contributed by atoms with Crippen LogP contribution in [0.15, 0.2) is 0 Å². The van der Waals surface area contributed by atoms with Gasteiger partial charge in [0.15, 0.2) is 0 Å². The van der Waals surface area contributed by atoms with Gasteiger partial charge in [-0.3, -0.25) is 4.79 Å². The molecule has 11 atom stereocenters. The lowest BCUT2D eigenvalue weighted by atomic mass is 9.31. The van der Waals surface area contributed by atoms with Crippen molar-refractivity contribution in [2.75, 3.05) is 0 Å². The standard InChI is InChI=1S/C32H54O4/c1-19(33)36-22-18-30(7)20(25(22)28(4,5)35)13-16-31(8)24(30)12-11-23-29(6)15-10-14-27(2,3)26(29)21(34)17-32(23,31)9/h20-26,34-35H,10-18H2,1-9H3/t20-,21-,22-,23+,24+,25+,26-,29+,30-,31+,32+/m0/s1. The molecule has 0 aliphatic heterocycles. The molecule has 0 radical (unpaired) electrons. The maximum absolute atomic E-state index is 12.1. The molecule has 36 heavy (non-hydrogen) atoms. The summed E-state index contributed by atoms with van der Waals surface area (Å²) in [6.45, 7) is 20.3. The summed E-state index contributed by atoms with van der Waals surface area (Å²) < 4.78 is 5.94. The van der Waals surface area contributed by atoms with Crippen LogP contribution < -0.4 is 0 Å². The first-order valence-electron chi connectivity index (χ1n) is 15.0. The summed E-state index contributed by atoms with van der Waals surface area (Å²) in [5.41, 5.74) is -0.255. The molecule has 4 nitrogen and oxygen atoms in total. The van der Waals surface area contributed by atoms with Crippen molar-refractivity contribution < 1.29 is 19.7 Å². The lowest BCUT2D eigenvalue weighted by Gasteiger charge is -2.73. The van der Waals surface area contributed by atoms with Gasteiger partial charge in [-0.25, -0.2) is 0 Å². The first-order valence-corrected chi connectivity index (χ1v) is 15.0. The van der Waals surface area contributed by atoms with E-state index in [0.29, 0.717) is 23.7 Å². The molecular weight excluding hydrogens is 448 g/mol. The molecule has 0 unspecified atom stereocenters. The molecule has 0 aromatic carbocycles. The van der Waals surface area contributed by atoms with Gasteiger partial charge in [-0.15, -0.1) is 0 Å². The molecular formula is C32H54O4. The second kappa shape index (κ2) is 7.96. The van der Waals surface area contributed by atoms with E-state index in [0.717, 1.165) is 25.7 Å². The number of aliphatic hydroxyl groups is 2. The summed E-state index contributed by atoms with van der Waals surface area (Å²) in [6.07, 6.45) is 9.71. The van der Waals surface area contributed by atoms with Crippen LogP contribution in [0, 0.1) is 56.7 Å². The Labute approximate surface area is 220 Å². The topological polar surface area (TPSA) is 66.8 Å². The number of fused-ring (bicyclic) bond motifs is 7. The van der Waals surface area contributed by atoms with Crippen LogP contribution in [0.5, 0.6) is 0 Å². The van der Waals surface area contributed by atoms with Gasteiger partial charge in [0.05, 0.1) is 11.7 Å². The lowest BCUT2D eigenvalue weighted by molar-refractivity contribution is -0.268. The molecule has 2 N–H and O–H groups in total. The van der Waals surface area contributed by atoms with Crippen LogP contribution in [0.4, 0.5) is 0 Å². The van der Waals surface area contributed by atoms with Gasteiger partial charge in [0, 0.05) is 12.8 Å². The minimum Gasteiger partial charge on any atom is -0.462 e. The maximum Gasteiger partial charge on any atom is 0.302 e. The number of esters is 1. The van der Waals surface area contributed by atoms with Crippen LogP contribution in [-0.2, 0) is 9.53 Å². The Hall–Kier alpha value is -0.610. The van der Waals surface area contributed by atoms with Gasteiger partial charge in [-0.2, -0.15) is 0 Å². The zero-order valence-corrected chi connectivity index (χ0v) is 24.6. The van der Waals surface area contributed by atoms with Crippen LogP contribution in [0.3, 0.4) is 0 Å². The van der Waals surface area contributed by atoms with Crippen molar-refractivity contribution in [3.63, 3.8) is 0 Å². The molecule has 0 bridgehead atoms. The number of aliphatic hydroxyl groups excluding tert-OH is 1. The van der Waals surface area contributed by atoms with Crippen LogP contribution >= 0.6 is 0 Å². The minimum absolute atomic E-state index is 0.0281. The second-order valence-electron chi connectivity index (χ2n) is 16.3. The normalized spacial score (nSPS) is 54.0. The summed E-state index contributed by atoms with van der Waals surface area (Å²) in [5, 5.41) is 23.1. The molecule has 0 aromatic rings. The highest BCUT2D eigenvalue weighted by molar-refractivity contribution is 5.66. The molecule has 5 aliphatic carbocycles. The fourth-order valence-electron chi connectivity index (χ4n) is 12.8. The smallest absolute Gasteiger partial charge is 0.302 e. The van der Waals surface area contributed by atoms with Gasteiger partial charge < -0.3 is 14.9 Å². The highest BCUT2D eigenvalue weighted by atomic mass is 16.5. The molecule has 0 amide bonds. The molecule has 5 saturated carbocycles. The zero-order valence-electron chi connectivity index (χ0n) is 24.6. The molecule has 0 spiro atoms. The van der Waals surface area contributed by atoms with Crippen LogP contribution in [0.1, 0.15) is 120 Å². The number of carbonyl (C=O) groups is 1. The Bertz CT molecular complexity index is 904. The minimum atomic E-state index is -0.882. The monoisotopic (exact) mass is 502 g/mol. The lowest BCUT2D eigenvalue weighted by Crippen LogP contribution is -2.68. The summed E-state index contributed by atoms with van der Waals surface area (Å²) in [5.74, 6) is 1.62. The molecule has 5 aliphatic rings. The van der Waals surface area contributed by atoms with Gasteiger partial charge in [-0.05, 0) is 116 Å². The van der Waals surface area contributed by atoms with Crippen molar-refractivity contribution in [3.05, 3.63) is 0 Å². The van der Waals surface area contributed by atoms with E-state index in [1.807, 2.05) is 13.8 Å². The van der Waals surface area contributed by atoms with Crippen LogP contribution in [-0.4, -0.2) is 34.0 Å². The predicted molar refractivity (Wildman–Crippen MR) is 143 cm³/mol. The Morgan fingerprint density at radius 1 is 0.861 bits per heavy atom. The van der Waals surface area contributed by atoms with Crippen LogP contribution in [0.2, 0.25) is 0 Å². The number of carbonyl (C=O) groups excluding carboxylic acids is 1. The van der Waals surface area contributed by atoms with E-state index >= 15 is 0 Å². The molecule has 5 fully saturated rings. The van der Waals surface area contributed by atoms with Gasteiger partial charge in [0.2, 0.25) is 0 Å². The summed E-state index contributed by atoms with van der Waals surface area (Å²) in [7, 11) is 0. The third kappa shape index (κ3) is 3.41. The highest BCUT2D eigenvalue weighted by Gasteiger charge is 2.73. The van der Waals surface area contributed by atoms with E-state index in [1.54, 1.807) is 0 Å². The number of hydrogen-bond acceptors (Lipinski definition) is 4. The predicted octanol–water partition coefficient (Wildman–Crippen LogP) is 6.76. The van der Waals surface area contributed by atoms with Crippen molar-refractivity contribution in [3.8, 4) is 0 Å². The Morgan fingerprint density at radius 2 is 1.47 bits per heavy atom. The van der Waals surface area contributed by atoms with E-state index in [4.69, 9.17) is 4.74 Å². The fourth-order valence-corrected chi connectivity index (χ4v) is 12.8. The Kier molecular flexibility index (Phi) is 5.97. The van der Waals surface area contributed by atoms with E-state index < -0.39 is 5.60 Å². The Morgan fingerprint density at radius 3 is 2.06 bits per heavy atom. The van der Waals surface area contributed by atoms with Crippen molar-refractivity contribution >= 4 is 5.97 Å². The largest absolute Gasteiger partial charge is 0.462 e. The highest BCUT2D eigenvalue weighted by Crippen LogP contribution is 2.78. The number of hydrogen-bond donors (Lipinski definition) is 2. The third-order valence-corrected chi connectivity index (χ3v) is 13.7. The van der Waals surface area contributed by atoms with Crippen LogP contribution in [0.25, 0.3) is 0 Å². The van der Waals surface area contributed by atoms with Crippen molar-refractivity contribution in [1.29, 1.82) is 0 Å². The first kappa shape index (κ1) is 27.0. The van der Waals surface area contributed by atoms with E-state index in [-0.39, 0.29) is 51.2 Å². The average Bonchev–Trinajstić information content (AvgIpc) is 2.98. The molecule has 0 saturated heterocycles. The molecule has 0 heterocycles. The summed E-state index contributed by atoms with van der Waals surface area (Å²) in [6, 6.07) is 0. The quantitative estimate of drug-likeness (QED) is 0.409. The second-order valence-corrected chi connectivity index (χ2v) is 16.3. The first-order chi connectivity index (χ1) is 16.4. The van der Waals surface area contributed by atoms with Gasteiger partial charge in [-0.1, -0.05) is 48.0 Å². The molecule has 4 heteroatoms. The van der Waals surface area contributed by atoms with Crippen molar-refractivity contribution in [1.82, 2.24) is 0 Å². The third-order valence-electron chi connectivity index (χ3n) is 13.7. The van der Waals surface area contributed by atoms with Crippen molar-refractivity contribution in [2.24, 2.45) is 56.7 Å². The fraction of sp³-hybridized carbons (Fsp3) is 0.969. The van der Waals surface area contributed by atoms with Gasteiger partial charge in [0.25, 0.3) is 0 Å². The zero-order chi connectivity index (χ0) is 26.7. The van der Waals surface area contributed by atoms with E-state index in [2.05, 4.69) is 41.5 Å². The maximum atomic E-state index is 12.1.